The van der Waals surface area contributed by atoms with Crippen LogP contribution in [0.1, 0.15) is 11.4 Å². The van der Waals surface area contributed by atoms with Gasteiger partial charge in [0.05, 0.1) is 10.9 Å². The summed E-state index contributed by atoms with van der Waals surface area (Å²) in [5.74, 6) is 0.147. The maximum absolute atomic E-state index is 12.9. The van der Waals surface area contributed by atoms with Crippen molar-refractivity contribution in [2.24, 2.45) is 0 Å². The molecule has 1 N–H and O–H groups in total. The van der Waals surface area contributed by atoms with Gasteiger partial charge in [-0.3, -0.25) is 4.79 Å². The molecular formula is C16H9Br2FN2O. The quantitative estimate of drug-likeness (QED) is 0.645. The maximum Gasteiger partial charge on any atom is 0.259 e. The summed E-state index contributed by atoms with van der Waals surface area (Å²) in [7, 11) is 0. The van der Waals surface area contributed by atoms with E-state index in [-0.39, 0.29) is 11.4 Å². The highest BCUT2D eigenvalue weighted by Crippen LogP contribution is 2.25. The van der Waals surface area contributed by atoms with Gasteiger partial charge in [0.15, 0.2) is 0 Å². The van der Waals surface area contributed by atoms with Crippen LogP contribution < -0.4 is 5.56 Å². The summed E-state index contributed by atoms with van der Waals surface area (Å²) in [6, 6.07) is 9.62. The van der Waals surface area contributed by atoms with Crippen LogP contribution in [-0.4, -0.2) is 9.97 Å². The molecule has 0 fully saturated rings. The lowest BCUT2D eigenvalue weighted by Crippen LogP contribution is -2.10. The second-order valence-corrected chi connectivity index (χ2v) is 6.39. The Bertz CT molecular complexity index is 933. The lowest BCUT2D eigenvalue weighted by Gasteiger charge is -2.02. The predicted octanol–water partition coefficient (Wildman–Crippen LogP) is 4.76. The van der Waals surface area contributed by atoms with Crippen molar-refractivity contribution in [3.8, 4) is 0 Å². The first-order valence-electron chi connectivity index (χ1n) is 6.36. The van der Waals surface area contributed by atoms with Crippen molar-refractivity contribution < 1.29 is 4.39 Å². The summed E-state index contributed by atoms with van der Waals surface area (Å²) in [5.41, 5.74) is 1.19. The van der Waals surface area contributed by atoms with Gasteiger partial charge in [-0.25, -0.2) is 9.37 Å². The average molecular weight is 424 g/mol. The van der Waals surface area contributed by atoms with Gasteiger partial charge in [-0.15, -0.1) is 0 Å². The highest BCUT2D eigenvalue weighted by Gasteiger charge is 2.07. The lowest BCUT2D eigenvalue weighted by atomic mass is 10.2. The number of fused-ring (bicyclic) bond motifs is 1. The highest BCUT2D eigenvalue weighted by molar-refractivity contribution is 9.11. The number of H-pyrrole nitrogens is 1. The zero-order valence-electron chi connectivity index (χ0n) is 11.1. The molecule has 2 aromatic carbocycles. The number of benzene rings is 2. The molecule has 0 bridgehead atoms. The molecule has 0 aliphatic carbocycles. The van der Waals surface area contributed by atoms with Crippen molar-refractivity contribution in [2.75, 3.05) is 0 Å². The number of halogens is 3. The van der Waals surface area contributed by atoms with Crippen molar-refractivity contribution in [1.82, 2.24) is 9.97 Å². The van der Waals surface area contributed by atoms with Crippen molar-refractivity contribution >= 4 is 54.9 Å². The van der Waals surface area contributed by atoms with Crippen LogP contribution in [0.15, 0.2) is 50.1 Å². The topological polar surface area (TPSA) is 45.8 Å². The molecule has 0 aliphatic heterocycles. The standard InChI is InChI=1S/C16H9Br2FN2O/c17-10-7-12-15(13(18)8-10)20-14(21-16(12)22)6-3-9-1-4-11(19)5-2-9/h1-8H,(H,20,21,22)/b6-3+. The number of aromatic amines is 1. The van der Waals surface area contributed by atoms with Crippen LogP contribution in [-0.2, 0) is 0 Å². The molecule has 110 valence electrons. The van der Waals surface area contributed by atoms with Gasteiger partial charge >= 0.3 is 0 Å². The number of nitrogens with zero attached hydrogens (tertiary/aromatic N) is 1. The zero-order chi connectivity index (χ0) is 15.7. The molecule has 0 spiro atoms. The third kappa shape index (κ3) is 3.18. The Hall–Kier alpha value is -1.79. The van der Waals surface area contributed by atoms with Gasteiger partial charge in [0, 0.05) is 8.95 Å². The molecule has 0 atom stereocenters. The number of hydrogen-bond donors (Lipinski definition) is 1. The normalized spacial score (nSPS) is 11.4. The smallest absolute Gasteiger partial charge is 0.259 e. The molecule has 3 nitrogen and oxygen atoms in total. The lowest BCUT2D eigenvalue weighted by molar-refractivity contribution is 0.628. The van der Waals surface area contributed by atoms with Crippen molar-refractivity contribution in [1.29, 1.82) is 0 Å². The first kappa shape index (κ1) is 15.1. The second-order valence-electron chi connectivity index (χ2n) is 4.62. The van der Waals surface area contributed by atoms with Gasteiger partial charge in [-0.2, -0.15) is 0 Å². The van der Waals surface area contributed by atoms with E-state index in [0.29, 0.717) is 16.7 Å². The number of nitrogens with one attached hydrogen (secondary N) is 1. The number of hydrogen-bond acceptors (Lipinski definition) is 2. The molecule has 6 heteroatoms. The van der Waals surface area contributed by atoms with Gasteiger partial charge in [-0.05, 0) is 51.8 Å². The van der Waals surface area contributed by atoms with Gasteiger partial charge in [-0.1, -0.05) is 34.1 Å². The van der Waals surface area contributed by atoms with E-state index in [2.05, 4.69) is 41.8 Å². The Balaban J connectivity index is 2.05. The van der Waals surface area contributed by atoms with E-state index in [1.807, 2.05) is 6.07 Å². The summed E-state index contributed by atoms with van der Waals surface area (Å²) >= 11 is 6.76. The van der Waals surface area contributed by atoms with Crippen LogP contribution in [0.25, 0.3) is 23.1 Å². The first-order chi connectivity index (χ1) is 10.5. The summed E-state index contributed by atoms with van der Waals surface area (Å²) in [6.45, 7) is 0. The van der Waals surface area contributed by atoms with E-state index in [1.165, 1.54) is 12.1 Å². The monoisotopic (exact) mass is 422 g/mol. The molecule has 0 saturated carbocycles. The molecular weight excluding hydrogens is 415 g/mol. The van der Waals surface area contributed by atoms with E-state index in [1.54, 1.807) is 30.4 Å². The van der Waals surface area contributed by atoms with Gasteiger partial charge in [0.1, 0.15) is 11.6 Å². The van der Waals surface area contributed by atoms with Crippen molar-refractivity contribution in [3.05, 3.63) is 72.9 Å². The third-order valence-electron chi connectivity index (χ3n) is 3.05. The molecule has 0 saturated heterocycles. The van der Waals surface area contributed by atoms with Gasteiger partial charge < -0.3 is 4.98 Å². The average Bonchev–Trinajstić information content (AvgIpc) is 2.48. The largest absolute Gasteiger partial charge is 0.306 e. The van der Waals surface area contributed by atoms with Gasteiger partial charge in [0.25, 0.3) is 5.56 Å². The fraction of sp³-hybridized carbons (Fsp3) is 0. The Morgan fingerprint density at radius 3 is 2.55 bits per heavy atom. The number of aromatic nitrogens is 2. The minimum absolute atomic E-state index is 0.217. The van der Waals surface area contributed by atoms with Crippen LogP contribution >= 0.6 is 31.9 Å². The van der Waals surface area contributed by atoms with Gasteiger partial charge in [0.2, 0.25) is 0 Å². The minimum Gasteiger partial charge on any atom is -0.306 e. The van der Waals surface area contributed by atoms with E-state index in [0.717, 1.165) is 14.5 Å². The Morgan fingerprint density at radius 2 is 1.82 bits per heavy atom. The molecule has 3 rings (SSSR count). The fourth-order valence-electron chi connectivity index (χ4n) is 2.01. The summed E-state index contributed by atoms with van der Waals surface area (Å²) in [5, 5.41) is 0.500. The summed E-state index contributed by atoms with van der Waals surface area (Å²) in [6.07, 6.45) is 3.44. The molecule has 3 aromatic rings. The Morgan fingerprint density at radius 1 is 1.09 bits per heavy atom. The van der Waals surface area contributed by atoms with E-state index >= 15 is 0 Å². The Labute approximate surface area is 142 Å². The SMILES string of the molecule is O=c1[nH]c(/C=C/c2ccc(F)cc2)nc2c(Br)cc(Br)cc12. The van der Waals surface area contributed by atoms with E-state index in [9.17, 15) is 9.18 Å². The van der Waals surface area contributed by atoms with Crippen LogP contribution in [0.2, 0.25) is 0 Å². The van der Waals surface area contributed by atoms with Crippen LogP contribution in [0.3, 0.4) is 0 Å². The fourth-order valence-corrected chi connectivity index (χ4v) is 3.33. The first-order valence-corrected chi connectivity index (χ1v) is 7.94. The van der Waals surface area contributed by atoms with E-state index < -0.39 is 0 Å². The molecule has 22 heavy (non-hydrogen) atoms. The predicted molar refractivity (Wildman–Crippen MR) is 93.1 cm³/mol. The molecule has 0 amide bonds. The third-order valence-corrected chi connectivity index (χ3v) is 4.11. The van der Waals surface area contributed by atoms with E-state index in [4.69, 9.17) is 0 Å². The van der Waals surface area contributed by atoms with Crippen LogP contribution in [0.5, 0.6) is 0 Å². The van der Waals surface area contributed by atoms with Crippen LogP contribution in [0.4, 0.5) is 4.39 Å². The zero-order valence-corrected chi connectivity index (χ0v) is 14.3. The summed E-state index contributed by atoms with van der Waals surface area (Å²) in [4.78, 5) is 19.3. The molecule has 1 aromatic heterocycles. The second kappa shape index (κ2) is 6.14. The summed E-state index contributed by atoms with van der Waals surface area (Å²) < 4.78 is 14.4. The van der Waals surface area contributed by atoms with Crippen molar-refractivity contribution in [3.63, 3.8) is 0 Å². The highest BCUT2D eigenvalue weighted by atomic mass is 79.9. The number of rotatable bonds is 2. The Kier molecular flexibility index (Phi) is 4.22. The maximum atomic E-state index is 12.9. The molecule has 0 unspecified atom stereocenters. The van der Waals surface area contributed by atoms with Crippen LogP contribution in [0, 0.1) is 5.82 Å². The molecule has 1 heterocycles. The molecule has 0 radical (unpaired) electrons. The minimum atomic E-state index is -0.288. The molecule has 0 aliphatic rings. The van der Waals surface area contributed by atoms with Crippen molar-refractivity contribution in [2.45, 2.75) is 0 Å².